The first-order valence-corrected chi connectivity index (χ1v) is 11.3. The summed E-state index contributed by atoms with van der Waals surface area (Å²) in [6.45, 7) is -4.02. The van der Waals surface area contributed by atoms with Crippen molar-refractivity contribution in [2.75, 3.05) is 13.7 Å². The molecule has 2 heterocycles. The fourth-order valence-electron chi connectivity index (χ4n) is 4.19. The maximum absolute atomic E-state index is 14.8. The lowest BCUT2D eigenvalue weighted by molar-refractivity contribution is -0.143. The Bertz CT molecular complexity index is 1420. The molecule has 1 saturated heterocycles. The molecule has 0 unspecified atom stereocenters. The summed E-state index contributed by atoms with van der Waals surface area (Å²) in [4.78, 5) is 39.3. The van der Waals surface area contributed by atoms with Crippen molar-refractivity contribution in [1.82, 2.24) is 14.8 Å². The monoisotopic (exact) mass is 522 g/mol. The number of likely N-dealkylation sites (tertiary alicyclic amines) is 1. The summed E-state index contributed by atoms with van der Waals surface area (Å²) in [7, 11) is 1.20. The molecule has 36 heavy (non-hydrogen) atoms. The van der Waals surface area contributed by atoms with Crippen molar-refractivity contribution in [3.63, 3.8) is 0 Å². The maximum Gasteiger partial charge on any atom is 0.409 e. The number of rotatable bonds is 7. The Morgan fingerprint density at radius 1 is 1.22 bits per heavy atom. The van der Waals surface area contributed by atoms with Crippen LogP contribution in [0, 0.1) is 5.82 Å². The Labute approximate surface area is 214 Å². The molecule has 1 aliphatic heterocycles. The largest absolute Gasteiger partial charge is 0.422 e. The van der Waals surface area contributed by atoms with Gasteiger partial charge in [0.05, 0.1) is 11.6 Å². The number of para-hydroxylation sites is 1. The minimum atomic E-state index is -2.89. The lowest BCUT2D eigenvalue weighted by Crippen LogP contribution is -2.46. The summed E-state index contributed by atoms with van der Waals surface area (Å²) in [6.07, 6.45) is -4.22. The molecule has 0 bridgehead atoms. The highest BCUT2D eigenvalue weighted by atomic mass is 35.5. The Kier molecular flexibility index (Phi) is 6.42. The van der Waals surface area contributed by atoms with Crippen LogP contribution >= 0.6 is 11.6 Å². The number of methoxy groups -OCH3 is 1. The number of Topliss-reactive ketones (excluding diaryl/α,β-unsaturated/α-hetero) is 1. The first-order valence-electron chi connectivity index (χ1n) is 12.4. The van der Waals surface area contributed by atoms with Gasteiger partial charge in [-0.25, -0.2) is 13.6 Å². The molecule has 190 valence electrons. The number of hydrogen-bond donors (Lipinski definition) is 1. The van der Waals surface area contributed by atoms with Crippen LogP contribution in [-0.2, 0) is 27.4 Å². The summed E-state index contributed by atoms with van der Waals surface area (Å²) in [5.41, 5.74) is 0.419. The summed E-state index contributed by atoms with van der Waals surface area (Å²) in [6, 6.07) is 10.7. The second-order valence-electron chi connectivity index (χ2n) is 8.14. The van der Waals surface area contributed by atoms with Crippen molar-refractivity contribution < 1.29 is 36.8 Å². The third-order valence-corrected chi connectivity index (χ3v) is 6.22. The van der Waals surface area contributed by atoms with E-state index in [4.69, 9.17) is 25.2 Å². The van der Waals surface area contributed by atoms with Gasteiger partial charge in [0.2, 0.25) is 12.1 Å². The number of fused-ring (bicyclic) bond motifs is 1. The second-order valence-corrected chi connectivity index (χ2v) is 8.55. The zero-order valence-corrected chi connectivity index (χ0v) is 19.8. The normalized spacial score (nSPS) is 21.1. The standard InChI is InChI=1S/C25H24ClF2N3O5/c1-14(32)17-11-30(20-9-4-3-7-16(17)20)13-21(33)31-12-19(27)23(35-2)24(31)36-25(34)29-10-15-6-5-8-18(26)22(15)28/h3-9,11,19,23-24H,10,12-13H2,1-2H3,(H,29,34)/t19-,23+,24-/m0/s1/i1D3. The number of carbonyl (C=O) groups is 3. The number of carbonyl (C=O) groups excluding carboxylic acids is 3. The number of amides is 2. The molecular weight excluding hydrogens is 496 g/mol. The van der Waals surface area contributed by atoms with E-state index in [9.17, 15) is 23.2 Å². The minimum absolute atomic E-state index is 0.0848. The van der Waals surface area contributed by atoms with Gasteiger partial charge in [-0.15, -0.1) is 0 Å². The molecule has 11 heteroatoms. The molecular formula is C25H24ClF2N3O5. The zero-order valence-electron chi connectivity index (χ0n) is 22.0. The Morgan fingerprint density at radius 3 is 2.75 bits per heavy atom. The van der Waals surface area contributed by atoms with Gasteiger partial charge in [-0.3, -0.25) is 9.59 Å². The number of nitrogens with one attached hydrogen (secondary N) is 1. The van der Waals surface area contributed by atoms with E-state index in [0.717, 1.165) is 4.90 Å². The molecule has 3 atom stereocenters. The van der Waals surface area contributed by atoms with Crippen molar-refractivity contribution >= 4 is 40.3 Å². The van der Waals surface area contributed by atoms with Crippen molar-refractivity contribution in [2.45, 2.75) is 38.4 Å². The van der Waals surface area contributed by atoms with Crippen molar-refractivity contribution in [2.24, 2.45) is 0 Å². The molecule has 0 spiro atoms. The van der Waals surface area contributed by atoms with Crippen LogP contribution in [0.2, 0.25) is 5.02 Å². The molecule has 1 fully saturated rings. The van der Waals surface area contributed by atoms with E-state index in [2.05, 4.69) is 5.32 Å². The highest BCUT2D eigenvalue weighted by Gasteiger charge is 2.47. The Morgan fingerprint density at radius 2 is 2.00 bits per heavy atom. The van der Waals surface area contributed by atoms with Crippen LogP contribution in [0.4, 0.5) is 13.6 Å². The van der Waals surface area contributed by atoms with E-state index in [1.165, 1.54) is 36.1 Å². The molecule has 1 aliphatic rings. The summed E-state index contributed by atoms with van der Waals surface area (Å²) >= 11 is 5.75. The quantitative estimate of drug-likeness (QED) is 0.472. The van der Waals surface area contributed by atoms with E-state index in [1.54, 1.807) is 24.3 Å². The molecule has 2 amide bonds. The average molecular weight is 523 g/mol. The van der Waals surface area contributed by atoms with E-state index in [1.807, 2.05) is 0 Å². The number of hydrogen-bond acceptors (Lipinski definition) is 5. The highest BCUT2D eigenvalue weighted by molar-refractivity contribution is 6.30. The van der Waals surface area contributed by atoms with Gasteiger partial charge >= 0.3 is 6.09 Å². The van der Waals surface area contributed by atoms with E-state index in [0.29, 0.717) is 10.9 Å². The predicted octanol–water partition coefficient (Wildman–Crippen LogP) is 4.08. The number of halogens is 3. The van der Waals surface area contributed by atoms with Crippen LogP contribution in [0.1, 0.15) is 26.9 Å². The number of aromatic nitrogens is 1. The number of ketones is 1. The summed E-state index contributed by atoms with van der Waals surface area (Å²) in [5.74, 6) is -2.47. The topological polar surface area (TPSA) is 89.9 Å². The molecule has 4 rings (SSSR count). The van der Waals surface area contributed by atoms with Crippen LogP contribution in [0.15, 0.2) is 48.7 Å². The Hall–Kier alpha value is -3.50. The highest BCUT2D eigenvalue weighted by Crippen LogP contribution is 2.27. The lowest BCUT2D eigenvalue weighted by Gasteiger charge is -2.27. The van der Waals surface area contributed by atoms with Gasteiger partial charge in [-0.2, -0.15) is 0 Å². The number of nitrogens with zero attached hydrogens (tertiary/aromatic N) is 2. The van der Waals surface area contributed by atoms with E-state index in [-0.39, 0.29) is 22.7 Å². The second kappa shape index (κ2) is 10.6. The van der Waals surface area contributed by atoms with Crippen molar-refractivity contribution in [3.8, 4) is 0 Å². The predicted molar refractivity (Wildman–Crippen MR) is 128 cm³/mol. The number of alkyl carbamates (subject to hydrolysis) is 1. The van der Waals surface area contributed by atoms with Crippen LogP contribution in [0.25, 0.3) is 10.9 Å². The molecule has 2 aromatic carbocycles. The van der Waals surface area contributed by atoms with Crippen molar-refractivity contribution in [3.05, 3.63) is 70.6 Å². The lowest BCUT2D eigenvalue weighted by atomic mass is 10.1. The van der Waals surface area contributed by atoms with Gasteiger partial charge in [0.15, 0.2) is 5.78 Å². The Balaban J connectivity index is 1.53. The smallest absolute Gasteiger partial charge is 0.409 e. The summed E-state index contributed by atoms with van der Waals surface area (Å²) < 4.78 is 63.1. The molecule has 0 aliphatic carbocycles. The minimum Gasteiger partial charge on any atom is -0.422 e. The molecule has 0 radical (unpaired) electrons. The molecule has 0 saturated carbocycles. The average Bonchev–Trinajstić information content (AvgIpc) is 3.40. The van der Waals surface area contributed by atoms with Crippen molar-refractivity contribution in [1.29, 1.82) is 0 Å². The molecule has 1 aromatic heterocycles. The summed E-state index contributed by atoms with van der Waals surface area (Å²) in [5, 5.41) is 2.56. The molecule has 3 aromatic rings. The van der Waals surface area contributed by atoms with Crippen LogP contribution < -0.4 is 5.32 Å². The van der Waals surface area contributed by atoms with Gasteiger partial charge in [-0.05, 0) is 19.0 Å². The SMILES string of the molecule is [2H]C([2H])([2H])C(=O)c1cn(CC(=O)N2C[C@H](F)[C@@H](OC)[C@@H]2OC(=O)NCc2cccc(Cl)c2F)c2ccccc12. The first-order chi connectivity index (χ1) is 18.4. The van der Waals surface area contributed by atoms with Gasteiger partial charge in [-0.1, -0.05) is 41.9 Å². The van der Waals surface area contributed by atoms with Gasteiger partial charge in [0.25, 0.3) is 0 Å². The number of benzene rings is 2. The van der Waals surface area contributed by atoms with Crippen LogP contribution in [0.5, 0.6) is 0 Å². The fraction of sp³-hybridized carbons (Fsp3) is 0.320. The third kappa shape index (κ3) is 5.05. The molecule has 1 N–H and O–H groups in total. The molecule has 8 nitrogen and oxygen atoms in total. The first kappa shape index (κ1) is 21.8. The van der Waals surface area contributed by atoms with Crippen LogP contribution in [0.3, 0.4) is 0 Å². The number of alkyl halides is 1. The van der Waals surface area contributed by atoms with E-state index < -0.39 is 62.0 Å². The fourth-order valence-corrected chi connectivity index (χ4v) is 4.38. The van der Waals surface area contributed by atoms with Gasteiger partial charge in [0, 0.05) is 46.0 Å². The third-order valence-electron chi connectivity index (χ3n) is 5.93. The van der Waals surface area contributed by atoms with Crippen LogP contribution in [-0.4, -0.2) is 59.4 Å². The van der Waals surface area contributed by atoms with Gasteiger partial charge in [0.1, 0.15) is 24.6 Å². The zero-order chi connectivity index (χ0) is 28.5. The van der Waals surface area contributed by atoms with Gasteiger partial charge < -0.3 is 24.3 Å². The maximum atomic E-state index is 14.8. The number of ether oxygens (including phenoxy) is 2. The van der Waals surface area contributed by atoms with E-state index >= 15 is 0 Å².